The van der Waals surface area contributed by atoms with Crippen LogP contribution in [-0.2, 0) is 12.8 Å². The van der Waals surface area contributed by atoms with Crippen molar-refractivity contribution in [3.63, 3.8) is 0 Å². The fourth-order valence-corrected chi connectivity index (χ4v) is 6.34. The minimum absolute atomic E-state index is 0.500. The summed E-state index contributed by atoms with van der Waals surface area (Å²) < 4.78 is 0. The molecular formula is C45H51N5. The van der Waals surface area contributed by atoms with Gasteiger partial charge < -0.3 is 0 Å². The number of benzene rings is 4. The Kier molecular flexibility index (Phi) is 12.4. The van der Waals surface area contributed by atoms with Crippen molar-refractivity contribution in [3.8, 4) is 0 Å². The molecule has 0 bridgehead atoms. The van der Waals surface area contributed by atoms with Crippen molar-refractivity contribution in [2.24, 2.45) is 9.98 Å². The first-order chi connectivity index (χ1) is 24.2. The predicted octanol–water partition coefficient (Wildman–Crippen LogP) is 12.2. The fraction of sp³-hybridized carbons (Fsp3) is 0.311. The van der Waals surface area contributed by atoms with Gasteiger partial charge in [0.05, 0.1) is 27.9 Å². The Labute approximate surface area is 298 Å². The van der Waals surface area contributed by atoms with Crippen LogP contribution in [0.4, 0.5) is 11.4 Å². The summed E-state index contributed by atoms with van der Waals surface area (Å²) in [6, 6.07) is 29.5. The van der Waals surface area contributed by atoms with E-state index in [2.05, 4.69) is 147 Å². The molecular weight excluding hydrogens is 611 g/mol. The van der Waals surface area contributed by atoms with Crippen LogP contribution in [0.25, 0.3) is 21.9 Å². The number of aliphatic imine (C=N–C) groups is 2. The second kappa shape index (κ2) is 17.1. The summed E-state index contributed by atoms with van der Waals surface area (Å²) in [4.78, 5) is 21.8. The van der Waals surface area contributed by atoms with Crippen molar-refractivity contribution in [2.45, 2.75) is 91.9 Å². The van der Waals surface area contributed by atoms with E-state index in [0.29, 0.717) is 23.7 Å². The van der Waals surface area contributed by atoms with E-state index in [4.69, 9.17) is 0 Å². The smallest absolute Gasteiger partial charge is 0.0921 e. The molecule has 2 aromatic heterocycles. The zero-order chi connectivity index (χ0) is 35.6. The average Bonchev–Trinajstić information content (AvgIpc) is 3.82. The van der Waals surface area contributed by atoms with Gasteiger partial charge in [0, 0.05) is 49.2 Å². The Balaban J connectivity index is 0.000000130. The largest absolute Gasteiger partial charge is 0.260 e. The first kappa shape index (κ1) is 36.3. The van der Waals surface area contributed by atoms with Crippen molar-refractivity contribution >= 4 is 45.7 Å². The van der Waals surface area contributed by atoms with Gasteiger partial charge in [-0.15, -0.1) is 0 Å². The molecule has 0 saturated heterocycles. The number of nitrogens with zero attached hydrogens (tertiary/aromatic N) is 5. The van der Waals surface area contributed by atoms with Gasteiger partial charge in [-0.3, -0.25) is 24.9 Å². The third-order valence-electron chi connectivity index (χ3n) is 9.05. The molecule has 4 aromatic carbocycles. The topological polar surface area (TPSA) is 63.4 Å². The highest BCUT2D eigenvalue weighted by Crippen LogP contribution is 2.34. The highest BCUT2D eigenvalue weighted by Gasteiger charge is 2.13. The Morgan fingerprint density at radius 2 is 0.860 bits per heavy atom. The first-order valence-electron chi connectivity index (χ1n) is 18.0. The minimum Gasteiger partial charge on any atom is -0.260 e. The van der Waals surface area contributed by atoms with Crippen LogP contribution in [0.5, 0.6) is 0 Å². The summed E-state index contributed by atoms with van der Waals surface area (Å²) in [7, 11) is 0. The number of hydrogen-bond donors (Lipinski definition) is 0. The number of fused-ring (bicyclic) bond motifs is 4. The van der Waals surface area contributed by atoms with E-state index in [1.54, 1.807) is 12.4 Å². The van der Waals surface area contributed by atoms with Crippen molar-refractivity contribution in [3.05, 3.63) is 137 Å². The van der Waals surface area contributed by atoms with Gasteiger partial charge in [0.1, 0.15) is 0 Å². The molecule has 0 spiro atoms. The molecule has 0 unspecified atom stereocenters. The van der Waals surface area contributed by atoms with E-state index >= 15 is 0 Å². The molecule has 5 nitrogen and oxygen atoms in total. The number of aromatic nitrogens is 3. The van der Waals surface area contributed by atoms with Crippen LogP contribution < -0.4 is 0 Å². The van der Waals surface area contributed by atoms with Crippen molar-refractivity contribution in [2.75, 3.05) is 0 Å². The Morgan fingerprint density at radius 1 is 0.420 bits per heavy atom. The quantitative estimate of drug-likeness (QED) is 0.189. The molecule has 0 N–H and O–H groups in total. The van der Waals surface area contributed by atoms with Gasteiger partial charge in [0.15, 0.2) is 0 Å². The maximum Gasteiger partial charge on any atom is 0.0921 e. The van der Waals surface area contributed by atoms with Crippen LogP contribution in [0.1, 0.15) is 112 Å². The molecule has 5 heteroatoms. The minimum atomic E-state index is 0.500. The van der Waals surface area contributed by atoms with Gasteiger partial charge in [-0.05, 0) is 69.2 Å². The third-order valence-corrected chi connectivity index (χ3v) is 9.05. The van der Waals surface area contributed by atoms with Gasteiger partial charge >= 0.3 is 0 Å². The maximum absolute atomic E-state index is 4.40. The van der Waals surface area contributed by atoms with E-state index < -0.39 is 0 Å². The van der Waals surface area contributed by atoms with Crippen molar-refractivity contribution in [1.29, 1.82) is 0 Å². The normalized spacial score (nSPS) is 12.4. The lowest BCUT2D eigenvalue weighted by Crippen LogP contribution is -1.92. The summed E-state index contributed by atoms with van der Waals surface area (Å²) in [5.74, 6) is 2.20. The summed E-state index contributed by atoms with van der Waals surface area (Å²) in [6.45, 7) is 17.6. The predicted molar refractivity (Wildman–Crippen MR) is 214 cm³/mol. The summed E-state index contributed by atoms with van der Waals surface area (Å²) >= 11 is 0. The summed E-state index contributed by atoms with van der Waals surface area (Å²) in [5.41, 5.74) is 13.7. The van der Waals surface area contributed by atoms with E-state index in [9.17, 15) is 0 Å². The SMILES string of the molecule is CC(C)c1cccc2c1N=CC2.CC(C)c1cccc2c1N=CC2.CC(C)c1cccc2cccnc12.CC(C)c1cccc2nccnc12. The van der Waals surface area contributed by atoms with Crippen LogP contribution in [0.15, 0.2) is 114 Å². The number of hydrogen-bond acceptors (Lipinski definition) is 5. The molecule has 8 rings (SSSR count). The fourth-order valence-electron chi connectivity index (χ4n) is 6.34. The van der Waals surface area contributed by atoms with Gasteiger partial charge in [0.2, 0.25) is 0 Å². The number of rotatable bonds is 4. The van der Waals surface area contributed by atoms with Crippen LogP contribution in [-0.4, -0.2) is 27.4 Å². The van der Waals surface area contributed by atoms with Gasteiger partial charge in [-0.25, -0.2) is 0 Å². The van der Waals surface area contributed by atoms with E-state index in [0.717, 1.165) is 29.4 Å². The van der Waals surface area contributed by atoms with E-state index in [-0.39, 0.29) is 0 Å². The second-order valence-electron chi connectivity index (χ2n) is 14.1. The molecule has 4 heterocycles. The zero-order valence-electron chi connectivity index (χ0n) is 30.9. The van der Waals surface area contributed by atoms with E-state index in [1.165, 1.54) is 50.1 Å². The zero-order valence-corrected chi connectivity index (χ0v) is 30.9. The molecule has 2 aliphatic heterocycles. The first-order valence-corrected chi connectivity index (χ1v) is 18.0. The monoisotopic (exact) mass is 661 g/mol. The molecule has 0 amide bonds. The molecule has 0 aliphatic carbocycles. The van der Waals surface area contributed by atoms with Crippen LogP contribution in [0, 0.1) is 0 Å². The summed E-state index contributed by atoms with van der Waals surface area (Å²) in [5, 5.41) is 1.23. The van der Waals surface area contributed by atoms with Gasteiger partial charge in [-0.2, -0.15) is 0 Å². The lowest BCUT2D eigenvalue weighted by Gasteiger charge is -2.08. The van der Waals surface area contributed by atoms with Crippen molar-refractivity contribution < 1.29 is 0 Å². The van der Waals surface area contributed by atoms with Gasteiger partial charge in [-0.1, -0.05) is 128 Å². The molecule has 2 aliphatic rings. The molecule has 256 valence electrons. The number of para-hydroxylation sites is 4. The molecule has 0 saturated carbocycles. The molecule has 6 aromatic rings. The molecule has 50 heavy (non-hydrogen) atoms. The second-order valence-corrected chi connectivity index (χ2v) is 14.1. The van der Waals surface area contributed by atoms with E-state index in [1.807, 2.05) is 36.8 Å². The van der Waals surface area contributed by atoms with Crippen LogP contribution in [0.2, 0.25) is 0 Å². The summed E-state index contributed by atoms with van der Waals surface area (Å²) in [6.07, 6.45) is 11.3. The Morgan fingerprint density at radius 3 is 1.42 bits per heavy atom. The molecule has 0 atom stereocenters. The van der Waals surface area contributed by atoms with Crippen LogP contribution in [0.3, 0.4) is 0 Å². The molecule has 0 radical (unpaired) electrons. The van der Waals surface area contributed by atoms with Crippen molar-refractivity contribution in [1.82, 2.24) is 15.0 Å². The average molecular weight is 662 g/mol. The van der Waals surface area contributed by atoms with Gasteiger partial charge in [0.25, 0.3) is 0 Å². The van der Waals surface area contributed by atoms with Crippen LogP contribution >= 0.6 is 0 Å². The molecule has 0 fully saturated rings. The Bertz CT molecular complexity index is 1930. The highest BCUT2D eigenvalue weighted by atomic mass is 14.8. The third kappa shape index (κ3) is 8.76. The maximum atomic E-state index is 4.40. The highest BCUT2D eigenvalue weighted by molar-refractivity contribution is 5.82. The number of pyridine rings is 1. The Hall–Kier alpha value is -5.03. The standard InChI is InChI=1S/C12H13N.C11H12N2.2C11H13N/c1-9(2)11-7-3-5-10-6-4-8-13-12(10)11;1-8(2)9-4-3-5-10-11(9)13-7-6-12-10;2*1-8(2)10-5-3-4-9-6-7-12-11(9)10/h3-9H,1-2H3;3-8H,1-2H3;2*3-5,7-8H,6H2,1-2H3. The lowest BCUT2D eigenvalue weighted by atomic mass is 9.98. The lowest BCUT2D eigenvalue weighted by molar-refractivity contribution is 0.866.